The molecule has 0 amide bonds. The van der Waals surface area contributed by atoms with Crippen molar-refractivity contribution < 1.29 is 20.1 Å². The number of hydrogen-bond donors (Lipinski definition) is 3. The van der Waals surface area contributed by atoms with E-state index in [9.17, 15) is 15.3 Å². The van der Waals surface area contributed by atoms with Gasteiger partial charge in [-0.15, -0.1) is 11.6 Å². The van der Waals surface area contributed by atoms with Gasteiger partial charge >= 0.3 is 0 Å². The Hall–Kier alpha value is -2.09. The fourth-order valence-electron chi connectivity index (χ4n) is 4.74. The van der Waals surface area contributed by atoms with Crippen molar-refractivity contribution in [3.63, 3.8) is 0 Å². The molecule has 2 aromatic rings. The highest BCUT2D eigenvalue weighted by Gasteiger charge is 2.33. The predicted octanol–water partition coefficient (Wildman–Crippen LogP) is 2.97. The first-order valence-electron chi connectivity index (χ1n) is 11.5. The summed E-state index contributed by atoms with van der Waals surface area (Å²) in [6, 6.07) is 8.21. The first-order valence-corrected chi connectivity index (χ1v) is 12.0. The molecule has 0 spiro atoms. The number of nitrogens with zero attached hydrogens (tertiary/aromatic N) is 3. The van der Waals surface area contributed by atoms with Crippen LogP contribution in [0.2, 0.25) is 0 Å². The number of fused-ring (bicyclic) bond motifs is 1. The fourth-order valence-corrected chi connectivity index (χ4v) is 4.99. The van der Waals surface area contributed by atoms with Crippen LogP contribution in [-0.4, -0.2) is 75.1 Å². The first-order chi connectivity index (χ1) is 15.3. The van der Waals surface area contributed by atoms with Crippen molar-refractivity contribution in [3.8, 4) is 17.5 Å². The highest BCUT2D eigenvalue weighted by molar-refractivity contribution is 6.21. The number of ether oxygens (including phenoxy) is 1. The van der Waals surface area contributed by atoms with E-state index in [0.717, 1.165) is 50.6 Å². The van der Waals surface area contributed by atoms with E-state index in [-0.39, 0.29) is 24.3 Å². The van der Waals surface area contributed by atoms with Crippen LogP contribution in [0.15, 0.2) is 24.3 Å². The minimum Gasteiger partial charge on any atom is -0.494 e. The van der Waals surface area contributed by atoms with Gasteiger partial charge in [0, 0.05) is 50.3 Å². The number of piperazine rings is 1. The van der Waals surface area contributed by atoms with Crippen LogP contribution < -0.4 is 9.64 Å². The summed E-state index contributed by atoms with van der Waals surface area (Å²) in [6.07, 6.45) is 0.906. The van der Waals surface area contributed by atoms with E-state index in [1.54, 1.807) is 4.57 Å². The number of aliphatic hydroxyl groups excluding tert-OH is 1. The molecule has 1 aromatic carbocycles. The third kappa shape index (κ3) is 4.80. The molecule has 32 heavy (non-hydrogen) atoms. The van der Waals surface area contributed by atoms with E-state index in [1.807, 2.05) is 26.0 Å². The molecule has 0 bridgehead atoms. The van der Waals surface area contributed by atoms with E-state index in [4.69, 9.17) is 16.3 Å². The highest BCUT2D eigenvalue weighted by atomic mass is 35.5. The van der Waals surface area contributed by atoms with Crippen LogP contribution in [0.5, 0.6) is 17.5 Å². The minimum atomic E-state index is -0.697. The van der Waals surface area contributed by atoms with Gasteiger partial charge < -0.3 is 25.0 Å². The van der Waals surface area contributed by atoms with E-state index in [0.29, 0.717) is 24.1 Å². The van der Waals surface area contributed by atoms with Crippen molar-refractivity contribution in [1.29, 1.82) is 0 Å². The van der Waals surface area contributed by atoms with Gasteiger partial charge in [-0.1, -0.05) is 12.1 Å². The molecule has 1 aliphatic heterocycles. The molecule has 4 rings (SSSR count). The van der Waals surface area contributed by atoms with Crippen LogP contribution in [0.3, 0.4) is 0 Å². The van der Waals surface area contributed by atoms with Crippen LogP contribution in [0.4, 0.5) is 5.69 Å². The molecule has 1 fully saturated rings. The molecular weight excluding hydrogens is 430 g/mol. The lowest BCUT2D eigenvalue weighted by molar-refractivity contribution is 0.161. The second-order valence-corrected chi connectivity index (χ2v) is 9.62. The maximum atomic E-state index is 10.6. The van der Waals surface area contributed by atoms with Crippen LogP contribution in [0.1, 0.15) is 31.4 Å². The molecule has 1 aromatic heterocycles. The lowest BCUT2D eigenvalue weighted by Crippen LogP contribution is -2.46. The summed E-state index contributed by atoms with van der Waals surface area (Å²) in [5, 5.41) is 30.7. The molecule has 8 heteroatoms. The maximum absolute atomic E-state index is 10.6. The number of alkyl halides is 1. The van der Waals surface area contributed by atoms with E-state index >= 15 is 0 Å². The predicted molar refractivity (Wildman–Crippen MR) is 126 cm³/mol. The molecule has 2 aliphatic rings. The molecule has 2 unspecified atom stereocenters. The number of anilines is 1. The molecule has 1 aliphatic carbocycles. The van der Waals surface area contributed by atoms with E-state index in [1.165, 1.54) is 0 Å². The number of aromatic hydroxyl groups is 2. The Morgan fingerprint density at radius 1 is 1.00 bits per heavy atom. The number of halogens is 1. The smallest absolute Gasteiger partial charge is 0.197 e. The lowest BCUT2D eigenvalue weighted by atomic mass is 9.92. The molecule has 7 nitrogen and oxygen atoms in total. The molecule has 0 saturated carbocycles. The van der Waals surface area contributed by atoms with Crippen LogP contribution in [-0.2, 0) is 19.4 Å². The topological polar surface area (TPSA) is 81.3 Å². The summed E-state index contributed by atoms with van der Waals surface area (Å²) in [5.41, 5.74) is 2.44. The van der Waals surface area contributed by atoms with Gasteiger partial charge in [-0.25, -0.2) is 0 Å². The molecule has 1 saturated heterocycles. The minimum absolute atomic E-state index is 0.0618. The zero-order valence-electron chi connectivity index (χ0n) is 18.9. The maximum Gasteiger partial charge on any atom is 0.197 e. The largest absolute Gasteiger partial charge is 0.494 e. The second kappa shape index (κ2) is 9.81. The molecule has 0 radical (unpaired) electrons. The monoisotopic (exact) mass is 463 g/mol. The summed E-state index contributed by atoms with van der Waals surface area (Å²) >= 11 is 6.15. The van der Waals surface area contributed by atoms with Crippen molar-refractivity contribution in [2.75, 3.05) is 37.6 Å². The van der Waals surface area contributed by atoms with Crippen molar-refractivity contribution in [3.05, 3.63) is 35.4 Å². The quantitative estimate of drug-likeness (QED) is 0.548. The summed E-state index contributed by atoms with van der Waals surface area (Å²) in [7, 11) is 0. The Balaban J connectivity index is 1.30. The third-order valence-electron chi connectivity index (χ3n) is 6.44. The van der Waals surface area contributed by atoms with Crippen LogP contribution in [0.25, 0.3) is 0 Å². The normalized spacial score (nSPS) is 21.7. The summed E-state index contributed by atoms with van der Waals surface area (Å²) in [6.45, 7) is 9.28. The number of aromatic nitrogens is 1. The van der Waals surface area contributed by atoms with Gasteiger partial charge in [0.2, 0.25) is 0 Å². The van der Waals surface area contributed by atoms with Gasteiger partial charge in [-0.2, -0.15) is 0 Å². The summed E-state index contributed by atoms with van der Waals surface area (Å²) in [4.78, 5) is 4.79. The Morgan fingerprint density at radius 3 is 2.34 bits per heavy atom. The number of para-hydroxylation sites is 2. The molecule has 176 valence electrons. The van der Waals surface area contributed by atoms with Gasteiger partial charge in [-0.05, 0) is 45.4 Å². The van der Waals surface area contributed by atoms with Crippen molar-refractivity contribution in [2.45, 2.75) is 57.2 Å². The SMILES string of the molecule is CC(C)Oc1ccccc1N1CCN(CCCn2c(O)c3c(c2O)CC(Cl)C(O)C3)CC1. The number of rotatable bonds is 7. The molecule has 2 heterocycles. The standard InChI is InChI=1S/C24H34ClN3O4/c1-16(2)32-22-7-4-3-6-20(22)27-12-10-26(11-13-27)8-5-9-28-23(30)17-14-19(25)21(29)15-18(17)24(28)31/h3-4,6-7,16,19,21,29-31H,5,8-15H2,1-2H3. The van der Waals surface area contributed by atoms with E-state index < -0.39 is 11.5 Å². The Kier molecular flexibility index (Phi) is 7.08. The van der Waals surface area contributed by atoms with Gasteiger partial charge in [0.25, 0.3) is 0 Å². The Bertz CT molecular complexity index is 891. The van der Waals surface area contributed by atoms with Gasteiger partial charge in [0.15, 0.2) is 11.8 Å². The average molecular weight is 464 g/mol. The lowest BCUT2D eigenvalue weighted by Gasteiger charge is -2.37. The number of aliphatic hydroxyl groups is 1. The summed E-state index contributed by atoms with van der Waals surface area (Å²) < 4.78 is 7.54. The van der Waals surface area contributed by atoms with Gasteiger partial charge in [-0.3, -0.25) is 9.47 Å². The van der Waals surface area contributed by atoms with Crippen molar-refractivity contribution in [2.24, 2.45) is 0 Å². The Morgan fingerprint density at radius 2 is 1.66 bits per heavy atom. The summed E-state index contributed by atoms with van der Waals surface area (Å²) in [5.74, 6) is 1.08. The molecule has 2 atom stereocenters. The average Bonchev–Trinajstić information content (AvgIpc) is 2.99. The van der Waals surface area contributed by atoms with Gasteiger partial charge in [0.1, 0.15) is 5.75 Å². The second-order valence-electron chi connectivity index (χ2n) is 9.06. The molecule has 3 N–H and O–H groups in total. The van der Waals surface area contributed by atoms with Crippen molar-refractivity contribution in [1.82, 2.24) is 9.47 Å². The Labute approximate surface area is 194 Å². The third-order valence-corrected chi connectivity index (χ3v) is 6.89. The zero-order valence-corrected chi connectivity index (χ0v) is 19.6. The first kappa shape index (κ1) is 23.1. The van der Waals surface area contributed by atoms with Crippen molar-refractivity contribution >= 4 is 17.3 Å². The van der Waals surface area contributed by atoms with Crippen LogP contribution >= 0.6 is 11.6 Å². The highest BCUT2D eigenvalue weighted by Crippen LogP contribution is 2.40. The van der Waals surface area contributed by atoms with Gasteiger partial charge in [0.05, 0.1) is 23.3 Å². The fraction of sp³-hybridized carbons (Fsp3) is 0.583. The number of benzene rings is 1. The zero-order chi connectivity index (χ0) is 22.8. The number of hydrogen-bond acceptors (Lipinski definition) is 6. The molecular formula is C24H34ClN3O4. The van der Waals surface area contributed by atoms with E-state index in [2.05, 4.69) is 21.9 Å². The van der Waals surface area contributed by atoms with Crippen LogP contribution in [0, 0.1) is 0 Å².